The summed E-state index contributed by atoms with van der Waals surface area (Å²) in [6, 6.07) is 7.72. The summed E-state index contributed by atoms with van der Waals surface area (Å²) in [4.78, 5) is 11.4. The predicted octanol–water partition coefficient (Wildman–Crippen LogP) is 1.63. The molecule has 0 aromatic heterocycles. The molecule has 0 bridgehead atoms. The summed E-state index contributed by atoms with van der Waals surface area (Å²) in [6.45, 7) is 2.20. The van der Waals surface area contributed by atoms with Crippen molar-refractivity contribution in [1.82, 2.24) is 5.32 Å². The number of rotatable bonds is 3. The monoisotopic (exact) mass is 219 g/mol. The van der Waals surface area contributed by atoms with Crippen LogP contribution in [0.25, 0.3) is 0 Å². The van der Waals surface area contributed by atoms with Crippen molar-refractivity contribution in [2.45, 2.75) is 12.8 Å². The Kier molecular flexibility index (Phi) is 3.57. The van der Waals surface area contributed by atoms with E-state index in [4.69, 9.17) is 4.74 Å². The van der Waals surface area contributed by atoms with Crippen LogP contribution in [0.5, 0.6) is 0 Å². The number of carbonyl (C=O) groups is 1. The average molecular weight is 219 g/mol. The van der Waals surface area contributed by atoms with Crippen molar-refractivity contribution in [3.05, 3.63) is 35.4 Å². The molecule has 1 aliphatic rings. The van der Waals surface area contributed by atoms with E-state index in [0.717, 1.165) is 19.5 Å². The summed E-state index contributed by atoms with van der Waals surface area (Å²) >= 11 is 0. The molecule has 1 N–H and O–H groups in total. The molecule has 1 aromatic rings. The lowest BCUT2D eigenvalue weighted by Gasteiger charge is -2.09. The van der Waals surface area contributed by atoms with Gasteiger partial charge >= 0.3 is 5.97 Å². The van der Waals surface area contributed by atoms with Crippen molar-refractivity contribution < 1.29 is 9.53 Å². The third kappa shape index (κ3) is 2.61. The lowest BCUT2D eigenvalue weighted by atomic mass is 9.97. The quantitative estimate of drug-likeness (QED) is 0.785. The zero-order chi connectivity index (χ0) is 11.4. The van der Waals surface area contributed by atoms with Crippen molar-refractivity contribution in [3.8, 4) is 0 Å². The molecule has 0 aliphatic carbocycles. The summed E-state index contributed by atoms with van der Waals surface area (Å²) in [6.07, 6.45) is 2.26. The molecular weight excluding hydrogens is 202 g/mol. The number of ether oxygens (including phenoxy) is 1. The normalized spacial score (nSPS) is 19.7. The number of hydrogen-bond donors (Lipinski definition) is 1. The van der Waals surface area contributed by atoms with E-state index in [1.165, 1.54) is 19.1 Å². The van der Waals surface area contributed by atoms with E-state index in [2.05, 4.69) is 11.4 Å². The predicted molar refractivity (Wildman–Crippen MR) is 62.5 cm³/mol. The molecule has 3 nitrogen and oxygen atoms in total. The van der Waals surface area contributed by atoms with Gasteiger partial charge in [-0.3, -0.25) is 0 Å². The Morgan fingerprint density at radius 1 is 1.56 bits per heavy atom. The van der Waals surface area contributed by atoms with Crippen molar-refractivity contribution >= 4 is 5.97 Å². The van der Waals surface area contributed by atoms with Gasteiger partial charge in [-0.1, -0.05) is 12.1 Å². The van der Waals surface area contributed by atoms with Gasteiger partial charge in [-0.15, -0.1) is 0 Å². The molecule has 1 saturated heterocycles. The van der Waals surface area contributed by atoms with E-state index in [1.54, 1.807) is 6.07 Å². The molecule has 1 fully saturated rings. The summed E-state index contributed by atoms with van der Waals surface area (Å²) in [5, 5.41) is 3.35. The second kappa shape index (κ2) is 5.12. The number of carbonyl (C=O) groups excluding carboxylic acids is 1. The molecule has 86 valence electrons. The molecule has 0 spiro atoms. The Balaban J connectivity index is 2.06. The van der Waals surface area contributed by atoms with Crippen LogP contribution in [-0.2, 0) is 11.2 Å². The summed E-state index contributed by atoms with van der Waals surface area (Å²) in [5.41, 5.74) is 1.86. The molecule has 0 saturated carbocycles. The van der Waals surface area contributed by atoms with E-state index in [9.17, 15) is 4.79 Å². The lowest BCUT2D eigenvalue weighted by molar-refractivity contribution is 0.0600. The van der Waals surface area contributed by atoms with Gasteiger partial charge in [0.1, 0.15) is 0 Å². The van der Waals surface area contributed by atoms with Gasteiger partial charge in [0, 0.05) is 0 Å². The van der Waals surface area contributed by atoms with E-state index in [-0.39, 0.29) is 5.97 Å². The van der Waals surface area contributed by atoms with Crippen LogP contribution in [0.2, 0.25) is 0 Å². The molecule has 16 heavy (non-hydrogen) atoms. The van der Waals surface area contributed by atoms with Gasteiger partial charge in [0.05, 0.1) is 12.7 Å². The molecule has 0 radical (unpaired) electrons. The minimum atomic E-state index is -0.258. The Morgan fingerprint density at radius 2 is 2.44 bits per heavy atom. The van der Waals surface area contributed by atoms with Crippen LogP contribution >= 0.6 is 0 Å². The zero-order valence-corrected chi connectivity index (χ0v) is 9.53. The smallest absolute Gasteiger partial charge is 0.337 e. The van der Waals surface area contributed by atoms with Gasteiger partial charge in [-0.25, -0.2) is 4.79 Å². The van der Waals surface area contributed by atoms with E-state index >= 15 is 0 Å². The minimum absolute atomic E-state index is 0.258. The molecule has 1 heterocycles. The standard InChI is InChI=1S/C13H17NO2/c1-16-13(15)12-4-2-3-10(8-12)7-11-5-6-14-9-11/h2-4,8,11,14H,5-7,9H2,1H3. The highest BCUT2D eigenvalue weighted by atomic mass is 16.5. The molecule has 1 unspecified atom stereocenters. The van der Waals surface area contributed by atoms with Gasteiger partial charge in [0.2, 0.25) is 0 Å². The van der Waals surface area contributed by atoms with Crippen LogP contribution in [0.4, 0.5) is 0 Å². The number of benzene rings is 1. The van der Waals surface area contributed by atoms with Crippen LogP contribution in [0.15, 0.2) is 24.3 Å². The topological polar surface area (TPSA) is 38.3 Å². The average Bonchev–Trinajstić information content (AvgIpc) is 2.81. The maximum atomic E-state index is 11.4. The third-order valence-electron chi connectivity index (χ3n) is 3.03. The highest BCUT2D eigenvalue weighted by molar-refractivity contribution is 5.89. The maximum absolute atomic E-state index is 11.4. The summed E-state index contributed by atoms with van der Waals surface area (Å²) in [7, 11) is 1.41. The van der Waals surface area contributed by atoms with E-state index in [1.807, 2.05) is 12.1 Å². The van der Waals surface area contributed by atoms with Crippen LogP contribution in [-0.4, -0.2) is 26.2 Å². The first-order valence-electron chi connectivity index (χ1n) is 5.67. The fraction of sp³-hybridized carbons (Fsp3) is 0.462. The van der Waals surface area contributed by atoms with Crippen molar-refractivity contribution in [2.24, 2.45) is 5.92 Å². The highest BCUT2D eigenvalue weighted by Crippen LogP contribution is 2.16. The fourth-order valence-corrected chi connectivity index (χ4v) is 2.17. The second-order valence-electron chi connectivity index (χ2n) is 4.25. The first kappa shape index (κ1) is 11.1. The molecule has 1 aromatic carbocycles. The second-order valence-corrected chi connectivity index (χ2v) is 4.25. The Morgan fingerprint density at radius 3 is 3.12 bits per heavy atom. The van der Waals surface area contributed by atoms with Gasteiger partial charge in [-0.05, 0) is 49.5 Å². The Hall–Kier alpha value is -1.35. The van der Waals surface area contributed by atoms with Crippen LogP contribution in [0.1, 0.15) is 22.3 Å². The lowest BCUT2D eigenvalue weighted by Crippen LogP contribution is -2.11. The van der Waals surface area contributed by atoms with E-state index < -0.39 is 0 Å². The molecule has 3 heteroatoms. The van der Waals surface area contributed by atoms with Gasteiger partial charge in [0.15, 0.2) is 0 Å². The fourth-order valence-electron chi connectivity index (χ4n) is 2.17. The van der Waals surface area contributed by atoms with E-state index in [0.29, 0.717) is 11.5 Å². The number of esters is 1. The summed E-state index contributed by atoms with van der Waals surface area (Å²) in [5.74, 6) is 0.444. The maximum Gasteiger partial charge on any atom is 0.337 e. The number of hydrogen-bond acceptors (Lipinski definition) is 3. The molecule has 1 aliphatic heterocycles. The zero-order valence-electron chi connectivity index (χ0n) is 9.53. The van der Waals surface area contributed by atoms with Gasteiger partial charge in [-0.2, -0.15) is 0 Å². The number of methoxy groups -OCH3 is 1. The first-order valence-corrected chi connectivity index (χ1v) is 5.67. The molecule has 0 amide bonds. The van der Waals surface area contributed by atoms with Gasteiger partial charge < -0.3 is 10.1 Å². The Bertz CT molecular complexity index is 370. The van der Waals surface area contributed by atoms with Crippen molar-refractivity contribution in [3.63, 3.8) is 0 Å². The highest BCUT2D eigenvalue weighted by Gasteiger charge is 2.15. The van der Waals surface area contributed by atoms with Crippen LogP contribution in [0, 0.1) is 5.92 Å². The largest absolute Gasteiger partial charge is 0.465 e. The van der Waals surface area contributed by atoms with Crippen molar-refractivity contribution in [1.29, 1.82) is 0 Å². The van der Waals surface area contributed by atoms with Crippen LogP contribution < -0.4 is 5.32 Å². The van der Waals surface area contributed by atoms with Crippen LogP contribution in [0.3, 0.4) is 0 Å². The third-order valence-corrected chi connectivity index (χ3v) is 3.03. The Labute approximate surface area is 95.8 Å². The molecule has 1 atom stereocenters. The number of nitrogens with one attached hydrogen (secondary N) is 1. The van der Waals surface area contributed by atoms with Crippen molar-refractivity contribution in [2.75, 3.05) is 20.2 Å². The molecular formula is C13H17NO2. The minimum Gasteiger partial charge on any atom is -0.465 e. The SMILES string of the molecule is COC(=O)c1cccc(CC2CCNC2)c1. The summed E-state index contributed by atoms with van der Waals surface area (Å²) < 4.78 is 4.71. The molecule has 2 rings (SSSR count). The van der Waals surface area contributed by atoms with Gasteiger partial charge in [0.25, 0.3) is 0 Å². The first-order chi connectivity index (χ1) is 7.79.